The monoisotopic (exact) mass is 298 g/mol. The second kappa shape index (κ2) is 5.74. The van der Waals surface area contributed by atoms with Crippen molar-refractivity contribution in [1.82, 2.24) is 0 Å². The molecule has 3 heteroatoms. The molecule has 21 heavy (non-hydrogen) atoms. The van der Waals surface area contributed by atoms with Gasteiger partial charge in [0.25, 0.3) is 0 Å². The minimum atomic E-state index is 0.166. The van der Waals surface area contributed by atoms with E-state index in [1.54, 1.807) is 7.11 Å². The number of benzene rings is 2. The number of hydrogen-bond donors (Lipinski definition) is 0. The van der Waals surface area contributed by atoms with Crippen LogP contribution in [0.15, 0.2) is 48.0 Å². The number of allylic oxidation sites excluding steroid dienone is 1. The molecule has 0 atom stereocenters. The summed E-state index contributed by atoms with van der Waals surface area (Å²) in [5, 5.41) is 0.715. The number of hydrogen-bond acceptors (Lipinski definition) is 2. The highest BCUT2D eigenvalue weighted by molar-refractivity contribution is 6.30. The summed E-state index contributed by atoms with van der Waals surface area (Å²) in [6.45, 7) is 0. The van der Waals surface area contributed by atoms with Gasteiger partial charge in [0.15, 0.2) is 5.78 Å². The molecule has 2 aromatic rings. The maximum atomic E-state index is 12.2. The molecule has 1 aliphatic rings. The molecule has 0 heterocycles. The normalized spacial score (nSPS) is 15.9. The highest BCUT2D eigenvalue weighted by Crippen LogP contribution is 2.29. The van der Waals surface area contributed by atoms with Gasteiger partial charge in [-0.15, -0.1) is 0 Å². The van der Waals surface area contributed by atoms with E-state index in [0.29, 0.717) is 11.4 Å². The van der Waals surface area contributed by atoms with Crippen molar-refractivity contribution in [2.75, 3.05) is 7.11 Å². The van der Waals surface area contributed by atoms with Gasteiger partial charge < -0.3 is 4.74 Å². The predicted octanol–water partition coefficient (Wildman–Crippen LogP) is 4.56. The molecule has 0 aromatic heterocycles. The molecular formula is C18H15ClO2. The highest BCUT2D eigenvalue weighted by atomic mass is 35.5. The third-order valence-electron chi connectivity index (χ3n) is 3.66. The Morgan fingerprint density at radius 1 is 1.10 bits per heavy atom. The van der Waals surface area contributed by atoms with E-state index >= 15 is 0 Å². The summed E-state index contributed by atoms with van der Waals surface area (Å²) in [7, 11) is 1.64. The third-order valence-corrected chi connectivity index (χ3v) is 3.91. The summed E-state index contributed by atoms with van der Waals surface area (Å²) >= 11 is 5.89. The fourth-order valence-corrected chi connectivity index (χ4v) is 2.75. The smallest absolute Gasteiger partial charge is 0.167 e. The zero-order chi connectivity index (χ0) is 14.8. The first kappa shape index (κ1) is 13.9. The van der Waals surface area contributed by atoms with Crippen LogP contribution in [0, 0.1) is 0 Å². The van der Waals surface area contributed by atoms with Crippen molar-refractivity contribution in [2.45, 2.75) is 12.8 Å². The lowest BCUT2D eigenvalue weighted by molar-refractivity contribution is 0.0987. The summed E-state index contributed by atoms with van der Waals surface area (Å²) in [5.74, 6) is 0.952. The summed E-state index contributed by atoms with van der Waals surface area (Å²) in [5.41, 5.74) is 4.02. The molecule has 106 valence electrons. The van der Waals surface area contributed by atoms with Crippen LogP contribution in [0.5, 0.6) is 5.75 Å². The Balaban J connectivity index is 1.93. The van der Waals surface area contributed by atoms with Gasteiger partial charge >= 0.3 is 0 Å². The van der Waals surface area contributed by atoms with Crippen LogP contribution < -0.4 is 4.74 Å². The molecule has 0 radical (unpaired) electrons. The summed E-state index contributed by atoms with van der Waals surface area (Å²) in [6.07, 6.45) is 3.32. The number of halogens is 1. The van der Waals surface area contributed by atoms with Crippen LogP contribution in [0.2, 0.25) is 5.02 Å². The number of methoxy groups -OCH3 is 1. The van der Waals surface area contributed by atoms with Crippen molar-refractivity contribution in [3.05, 3.63) is 69.8 Å². The Labute approximate surface area is 129 Å². The molecule has 3 rings (SSSR count). The van der Waals surface area contributed by atoms with Crippen LogP contribution in [0.1, 0.15) is 27.9 Å². The van der Waals surface area contributed by atoms with Gasteiger partial charge in [0.05, 0.1) is 7.11 Å². The van der Waals surface area contributed by atoms with Crippen molar-refractivity contribution in [3.8, 4) is 5.75 Å². The predicted molar refractivity (Wildman–Crippen MR) is 85.1 cm³/mol. The van der Waals surface area contributed by atoms with Crippen molar-refractivity contribution in [3.63, 3.8) is 0 Å². The fourth-order valence-electron chi connectivity index (χ4n) is 2.62. The quantitative estimate of drug-likeness (QED) is 0.812. The lowest BCUT2D eigenvalue weighted by atomic mass is 9.86. The van der Waals surface area contributed by atoms with Gasteiger partial charge in [0, 0.05) is 17.0 Å². The number of fused-ring (bicyclic) bond motifs is 1. The number of carbonyl (C=O) groups excluding carboxylic acids is 1. The second-order valence-corrected chi connectivity index (χ2v) is 5.59. The molecule has 0 aliphatic heterocycles. The molecule has 0 unspecified atom stereocenters. The van der Waals surface area contributed by atoms with Crippen LogP contribution in [-0.4, -0.2) is 12.9 Å². The Morgan fingerprint density at radius 3 is 2.57 bits per heavy atom. The van der Waals surface area contributed by atoms with Crippen LogP contribution in [-0.2, 0) is 6.42 Å². The number of ether oxygens (including phenoxy) is 1. The summed E-state index contributed by atoms with van der Waals surface area (Å²) < 4.78 is 5.24. The van der Waals surface area contributed by atoms with Gasteiger partial charge in [0.2, 0.25) is 0 Å². The van der Waals surface area contributed by atoms with Crippen molar-refractivity contribution < 1.29 is 9.53 Å². The second-order valence-electron chi connectivity index (χ2n) is 5.15. The van der Waals surface area contributed by atoms with Gasteiger partial charge in [-0.1, -0.05) is 35.4 Å². The van der Waals surface area contributed by atoms with E-state index in [4.69, 9.17) is 16.3 Å². The maximum absolute atomic E-state index is 12.2. The zero-order valence-corrected chi connectivity index (χ0v) is 12.5. The average Bonchev–Trinajstić information content (AvgIpc) is 2.49. The number of rotatable bonds is 2. The minimum absolute atomic E-state index is 0.166. The Kier molecular flexibility index (Phi) is 3.80. The lowest BCUT2D eigenvalue weighted by Gasteiger charge is -2.18. The molecule has 2 aromatic carbocycles. The largest absolute Gasteiger partial charge is 0.497 e. The average molecular weight is 299 g/mol. The molecule has 0 spiro atoms. The van der Waals surface area contributed by atoms with Gasteiger partial charge in [0.1, 0.15) is 5.75 Å². The van der Waals surface area contributed by atoms with E-state index in [2.05, 4.69) is 6.08 Å². The van der Waals surface area contributed by atoms with E-state index in [1.807, 2.05) is 42.5 Å². The van der Waals surface area contributed by atoms with Crippen LogP contribution in [0.3, 0.4) is 0 Å². The topological polar surface area (TPSA) is 26.3 Å². The number of ketones is 1. The zero-order valence-electron chi connectivity index (χ0n) is 11.7. The SMILES string of the molecule is COc1ccc2c(c1)C/C(=C/c1ccc(Cl)cc1)CC2=O. The van der Waals surface area contributed by atoms with E-state index in [0.717, 1.165) is 34.4 Å². The Morgan fingerprint density at radius 2 is 1.86 bits per heavy atom. The summed E-state index contributed by atoms with van der Waals surface area (Å²) in [4.78, 5) is 12.2. The van der Waals surface area contributed by atoms with Crippen LogP contribution in [0.25, 0.3) is 6.08 Å². The van der Waals surface area contributed by atoms with Gasteiger partial charge in [-0.25, -0.2) is 0 Å². The minimum Gasteiger partial charge on any atom is -0.497 e. The molecule has 2 nitrogen and oxygen atoms in total. The maximum Gasteiger partial charge on any atom is 0.167 e. The van der Waals surface area contributed by atoms with Crippen molar-refractivity contribution in [1.29, 1.82) is 0 Å². The Hall–Kier alpha value is -2.06. The van der Waals surface area contributed by atoms with Gasteiger partial charge in [-0.3, -0.25) is 4.79 Å². The third kappa shape index (κ3) is 3.01. The lowest BCUT2D eigenvalue weighted by Crippen LogP contribution is -2.13. The van der Waals surface area contributed by atoms with Crippen LogP contribution >= 0.6 is 11.6 Å². The molecule has 1 aliphatic carbocycles. The number of Topliss-reactive ketones (excluding diaryl/α,β-unsaturated/α-hetero) is 1. The first-order valence-electron chi connectivity index (χ1n) is 6.81. The molecule has 0 N–H and O–H groups in total. The number of carbonyl (C=O) groups is 1. The molecule has 0 saturated carbocycles. The first-order chi connectivity index (χ1) is 10.2. The molecule has 0 bridgehead atoms. The van der Waals surface area contributed by atoms with E-state index in [-0.39, 0.29) is 5.78 Å². The fraction of sp³-hybridized carbons (Fsp3) is 0.167. The van der Waals surface area contributed by atoms with E-state index in [1.165, 1.54) is 0 Å². The molecule has 0 saturated heterocycles. The highest BCUT2D eigenvalue weighted by Gasteiger charge is 2.20. The van der Waals surface area contributed by atoms with E-state index < -0.39 is 0 Å². The molecule has 0 fully saturated rings. The molecule has 0 amide bonds. The molecular weight excluding hydrogens is 284 g/mol. The Bertz CT molecular complexity index is 714. The van der Waals surface area contributed by atoms with Gasteiger partial charge in [-0.2, -0.15) is 0 Å². The van der Waals surface area contributed by atoms with E-state index in [9.17, 15) is 4.79 Å². The van der Waals surface area contributed by atoms with Crippen molar-refractivity contribution >= 4 is 23.5 Å². The van der Waals surface area contributed by atoms with Gasteiger partial charge in [-0.05, 0) is 47.9 Å². The standard InChI is InChI=1S/C18H15ClO2/c1-21-16-6-7-17-14(11-16)9-13(10-18(17)20)8-12-2-4-15(19)5-3-12/h2-8,11H,9-10H2,1H3/b13-8-. The van der Waals surface area contributed by atoms with Crippen LogP contribution in [0.4, 0.5) is 0 Å². The first-order valence-corrected chi connectivity index (χ1v) is 7.18. The van der Waals surface area contributed by atoms with Crippen molar-refractivity contribution in [2.24, 2.45) is 0 Å². The summed E-state index contributed by atoms with van der Waals surface area (Å²) in [6, 6.07) is 13.3.